The zero-order valence-corrected chi connectivity index (χ0v) is 16.4. The number of amides is 1. The third-order valence-electron chi connectivity index (χ3n) is 4.04. The fourth-order valence-electron chi connectivity index (χ4n) is 2.64. The van der Waals surface area contributed by atoms with Crippen LogP contribution in [-0.4, -0.2) is 31.6 Å². The third kappa shape index (κ3) is 5.53. The van der Waals surface area contributed by atoms with Gasteiger partial charge in [-0.1, -0.05) is 17.7 Å². The molecule has 0 bridgehead atoms. The maximum absolute atomic E-state index is 12.1. The fourth-order valence-corrected chi connectivity index (χ4v) is 2.92. The molecular weight excluding hydrogens is 380 g/mol. The topological polar surface area (TPSA) is 98.0 Å². The molecule has 0 saturated heterocycles. The van der Waals surface area contributed by atoms with Gasteiger partial charge >= 0.3 is 0 Å². The molecule has 3 rings (SSSR count). The number of carbonyl (C=O) groups is 1. The highest BCUT2D eigenvalue weighted by atomic mass is 35.5. The highest BCUT2D eigenvalue weighted by molar-refractivity contribution is 6.33. The lowest BCUT2D eigenvalue weighted by atomic mass is 10.2. The quantitative estimate of drug-likeness (QED) is 0.524. The van der Waals surface area contributed by atoms with Crippen molar-refractivity contribution in [2.75, 3.05) is 30.4 Å². The number of halogens is 1. The molecule has 0 aliphatic carbocycles. The van der Waals surface area contributed by atoms with Crippen molar-refractivity contribution < 1.29 is 14.3 Å². The van der Waals surface area contributed by atoms with Crippen LogP contribution in [0.3, 0.4) is 0 Å². The van der Waals surface area contributed by atoms with Crippen LogP contribution < -0.4 is 25.8 Å². The Morgan fingerprint density at radius 1 is 1.14 bits per heavy atom. The molecule has 0 aromatic heterocycles. The van der Waals surface area contributed by atoms with Gasteiger partial charge in [0.25, 0.3) is 0 Å². The fraction of sp³-hybridized carbons (Fsp3) is 0.300. The Labute approximate surface area is 168 Å². The molecule has 1 aliphatic rings. The molecule has 1 amide bonds. The van der Waals surface area contributed by atoms with Crippen molar-refractivity contribution in [3.8, 4) is 11.5 Å². The zero-order valence-electron chi connectivity index (χ0n) is 15.6. The molecule has 2 aromatic carbocycles. The van der Waals surface area contributed by atoms with Crippen LogP contribution in [-0.2, 0) is 4.79 Å². The summed E-state index contributed by atoms with van der Waals surface area (Å²) in [6.07, 6.45) is 1.03. The summed E-state index contributed by atoms with van der Waals surface area (Å²) in [7, 11) is 0. The van der Waals surface area contributed by atoms with Gasteiger partial charge in [-0.15, -0.1) is 0 Å². The Morgan fingerprint density at radius 2 is 1.93 bits per heavy atom. The molecule has 8 heteroatoms. The predicted octanol–water partition coefficient (Wildman–Crippen LogP) is 3.57. The molecule has 0 fully saturated rings. The predicted molar refractivity (Wildman–Crippen MR) is 112 cm³/mol. The normalized spacial score (nSPS) is 13.6. The molecule has 2 aromatic rings. The third-order valence-corrected chi connectivity index (χ3v) is 4.35. The molecule has 1 heterocycles. The second-order valence-corrected chi connectivity index (χ2v) is 6.79. The van der Waals surface area contributed by atoms with Crippen molar-refractivity contribution in [3.63, 3.8) is 0 Å². The van der Waals surface area contributed by atoms with Crippen molar-refractivity contribution in [2.45, 2.75) is 19.8 Å². The molecule has 0 saturated carbocycles. The zero-order chi connectivity index (χ0) is 19.9. The minimum atomic E-state index is -0.183. The molecule has 28 heavy (non-hydrogen) atoms. The van der Waals surface area contributed by atoms with E-state index in [0.29, 0.717) is 35.4 Å². The van der Waals surface area contributed by atoms with Gasteiger partial charge in [0, 0.05) is 24.6 Å². The maximum Gasteiger partial charge on any atom is 0.226 e. The highest BCUT2D eigenvalue weighted by Gasteiger charge is 2.11. The molecular formula is C20H23ClN4O3. The van der Waals surface area contributed by atoms with Crippen LogP contribution in [0.4, 0.5) is 11.4 Å². The van der Waals surface area contributed by atoms with E-state index in [4.69, 9.17) is 26.8 Å². The number of nitrogens with zero attached hydrogens (tertiary/aromatic N) is 1. The number of ether oxygens (including phenoxy) is 2. The Bertz CT molecular complexity index is 886. The van der Waals surface area contributed by atoms with Crippen molar-refractivity contribution >= 4 is 34.8 Å². The number of carbonyl (C=O) groups excluding carboxylic acids is 1. The van der Waals surface area contributed by atoms with E-state index in [2.05, 4.69) is 15.6 Å². The van der Waals surface area contributed by atoms with Gasteiger partial charge in [-0.3, -0.25) is 9.79 Å². The van der Waals surface area contributed by atoms with Crippen molar-refractivity contribution in [3.05, 3.63) is 47.0 Å². The number of benzene rings is 2. The molecule has 148 valence electrons. The van der Waals surface area contributed by atoms with Crippen LogP contribution in [0.25, 0.3) is 0 Å². The average molecular weight is 403 g/mol. The van der Waals surface area contributed by atoms with E-state index in [-0.39, 0.29) is 24.8 Å². The number of guanidine groups is 1. The number of aryl methyl sites for hydroxylation is 1. The summed E-state index contributed by atoms with van der Waals surface area (Å²) in [5.74, 6) is 1.42. The molecule has 0 radical (unpaired) electrons. The minimum Gasteiger partial charge on any atom is -0.490 e. The van der Waals surface area contributed by atoms with Crippen molar-refractivity contribution in [1.29, 1.82) is 0 Å². The standard InChI is InChI=1S/C20H23ClN4O3/c1-13-3-5-16(15(21)11-13)25-19(26)7-8-23-20(22)24-14-4-6-17-18(12-14)28-10-2-9-27-17/h3-6,11-12H,2,7-10H2,1H3,(H,25,26)(H3,22,23,24). The van der Waals surface area contributed by atoms with E-state index in [1.54, 1.807) is 12.1 Å². The Balaban J connectivity index is 1.50. The first-order chi connectivity index (χ1) is 13.5. The Morgan fingerprint density at radius 3 is 2.71 bits per heavy atom. The number of anilines is 2. The molecule has 1 aliphatic heterocycles. The van der Waals surface area contributed by atoms with Crippen LogP contribution in [0.5, 0.6) is 11.5 Å². The summed E-state index contributed by atoms with van der Waals surface area (Å²) in [5.41, 5.74) is 8.26. The second-order valence-electron chi connectivity index (χ2n) is 6.39. The largest absolute Gasteiger partial charge is 0.490 e. The summed E-state index contributed by atoms with van der Waals surface area (Å²) in [6.45, 7) is 3.43. The summed E-state index contributed by atoms with van der Waals surface area (Å²) < 4.78 is 11.2. The SMILES string of the molecule is Cc1ccc(NC(=O)CCN=C(N)Nc2ccc3c(c2)OCCCO3)c(Cl)c1. The lowest BCUT2D eigenvalue weighted by Crippen LogP contribution is -2.23. The van der Waals surface area contributed by atoms with E-state index in [1.807, 2.05) is 31.2 Å². The number of hydrogen-bond acceptors (Lipinski definition) is 4. The first kappa shape index (κ1) is 19.8. The second kappa shape index (κ2) is 9.32. The van der Waals surface area contributed by atoms with Gasteiger partial charge in [-0.2, -0.15) is 0 Å². The van der Waals surface area contributed by atoms with E-state index in [1.165, 1.54) is 0 Å². The lowest BCUT2D eigenvalue weighted by Gasteiger charge is -2.11. The molecule has 0 spiro atoms. The van der Waals surface area contributed by atoms with Crippen LogP contribution in [0.1, 0.15) is 18.4 Å². The first-order valence-corrected chi connectivity index (χ1v) is 9.41. The van der Waals surface area contributed by atoms with Gasteiger partial charge in [0.15, 0.2) is 17.5 Å². The smallest absolute Gasteiger partial charge is 0.226 e. The summed E-state index contributed by atoms with van der Waals surface area (Å²) in [4.78, 5) is 16.2. The van der Waals surface area contributed by atoms with Gasteiger partial charge in [-0.05, 0) is 36.8 Å². The summed E-state index contributed by atoms with van der Waals surface area (Å²) in [5, 5.41) is 6.27. The van der Waals surface area contributed by atoms with Crippen molar-refractivity contribution in [1.82, 2.24) is 0 Å². The van der Waals surface area contributed by atoms with E-state index >= 15 is 0 Å². The first-order valence-electron chi connectivity index (χ1n) is 9.04. The van der Waals surface area contributed by atoms with Crippen LogP contribution >= 0.6 is 11.6 Å². The van der Waals surface area contributed by atoms with Gasteiger partial charge < -0.3 is 25.8 Å². The van der Waals surface area contributed by atoms with E-state index in [9.17, 15) is 4.79 Å². The number of nitrogens with one attached hydrogen (secondary N) is 2. The highest BCUT2D eigenvalue weighted by Crippen LogP contribution is 2.32. The van der Waals surface area contributed by atoms with Gasteiger partial charge in [-0.25, -0.2) is 0 Å². The Hall–Kier alpha value is -2.93. The van der Waals surface area contributed by atoms with E-state index in [0.717, 1.165) is 17.7 Å². The van der Waals surface area contributed by atoms with E-state index < -0.39 is 0 Å². The number of fused-ring (bicyclic) bond motifs is 1. The summed E-state index contributed by atoms with van der Waals surface area (Å²) >= 11 is 6.12. The monoisotopic (exact) mass is 402 g/mol. The van der Waals surface area contributed by atoms with Gasteiger partial charge in [0.05, 0.1) is 30.5 Å². The molecule has 0 atom stereocenters. The van der Waals surface area contributed by atoms with Gasteiger partial charge in [0.2, 0.25) is 5.91 Å². The average Bonchev–Trinajstić information content (AvgIpc) is 2.89. The molecule has 4 N–H and O–H groups in total. The van der Waals surface area contributed by atoms with Crippen LogP contribution in [0, 0.1) is 6.92 Å². The van der Waals surface area contributed by atoms with Crippen LogP contribution in [0.15, 0.2) is 41.4 Å². The Kier molecular flexibility index (Phi) is 6.60. The molecule has 7 nitrogen and oxygen atoms in total. The maximum atomic E-state index is 12.1. The number of rotatable bonds is 5. The molecule has 0 unspecified atom stereocenters. The number of nitrogens with two attached hydrogens (primary N) is 1. The minimum absolute atomic E-state index is 0.183. The number of hydrogen-bond donors (Lipinski definition) is 3. The lowest BCUT2D eigenvalue weighted by molar-refractivity contribution is -0.116. The van der Waals surface area contributed by atoms with Crippen molar-refractivity contribution in [2.24, 2.45) is 10.7 Å². The van der Waals surface area contributed by atoms with Gasteiger partial charge in [0.1, 0.15) is 0 Å². The number of aliphatic imine (C=N–C) groups is 1. The van der Waals surface area contributed by atoms with Crippen LogP contribution in [0.2, 0.25) is 5.02 Å². The summed E-state index contributed by atoms with van der Waals surface area (Å²) in [6, 6.07) is 10.9.